The molecular formula is C19H29BN2O5S2. The van der Waals surface area contributed by atoms with Crippen molar-refractivity contribution in [3.63, 3.8) is 0 Å². The Hall–Kier alpha value is -1.36. The first-order valence-electron chi connectivity index (χ1n) is 9.34. The number of rotatable bonds is 5. The molecule has 2 heterocycles. The summed E-state index contributed by atoms with van der Waals surface area (Å²) in [6.45, 7) is 14.9. The molecule has 0 aromatic carbocycles. The van der Waals surface area contributed by atoms with E-state index in [1.807, 2.05) is 33.8 Å². The molecule has 2 rings (SSSR count). The smallest absolute Gasteiger partial charge is 0.444 e. The Kier molecular flexibility index (Phi) is 7.25. The highest BCUT2D eigenvalue weighted by molar-refractivity contribution is 8.13. The van der Waals surface area contributed by atoms with Crippen molar-refractivity contribution in [2.24, 2.45) is 0 Å². The van der Waals surface area contributed by atoms with Crippen molar-refractivity contribution in [3.8, 4) is 0 Å². The first-order valence-corrected chi connectivity index (χ1v) is 11.1. The molecule has 29 heavy (non-hydrogen) atoms. The number of ether oxygens (including phenoxy) is 1. The van der Waals surface area contributed by atoms with Gasteiger partial charge in [0.2, 0.25) is 0 Å². The molecule has 0 bridgehead atoms. The van der Waals surface area contributed by atoms with E-state index in [4.69, 9.17) is 14.0 Å². The lowest BCUT2D eigenvalue weighted by Gasteiger charge is -2.32. The number of thiazole rings is 1. The molecule has 160 valence electrons. The molecule has 0 aliphatic carbocycles. The number of carbonyl (C=O) groups is 2. The van der Waals surface area contributed by atoms with Crippen LogP contribution in [0.4, 0.5) is 9.93 Å². The minimum Gasteiger partial charge on any atom is -0.444 e. The number of hydrogen-bond acceptors (Lipinski definition) is 8. The van der Waals surface area contributed by atoms with Crippen LogP contribution in [0, 0.1) is 0 Å². The average molecular weight is 440 g/mol. The van der Waals surface area contributed by atoms with Crippen LogP contribution in [0.15, 0.2) is 11.7 Å². The number of thioether (sulfide) groups is 1. The second kappa shape index (κ2) is 8.79. The number of carbonyl (C=O) groups excluding carboxylic acids is 2. The van der Waals surface area contributed by atoms with E-state index >= 15 is 0 Å². The number of anilines is 1. The molecular weight excluding hydrogens is 411 g/mol. The van der Waals surface area contributed by atoms with Crippen LogP contribution in [0.1, 0.15) is 60.3 Å². The Balaban J connectivity index is 2.18. The molecule has 1 aromatic heterocycles. The molecule has 1 aromatic rings. The fourth-order valence-corrected chi connectivity index (χ4v) is 3.71. The highest BCUT2D eigenvalue weighted by Gasteiger charge is 2.52. The normalized spacial score (nSPS) is 18.6. The van der Waals surface area contributed by atoms with Gasteiger partial charge in [-0.3, -0.25) is 10.1 Å². The third-order valence-corrected chi connectivity index (χ3v) is 6.20. The SMILES string of the molecule is CC(=O)SCC(=Cc1cnc(NC(=O)OC(C)(C)C)s1)B1OC(C)(C)C(C)(C)O1. The predicted molar refractivity (Wildman–Crippen MR) is 119 cm³/mol. The molecule has 0 spiro atoms. The van der Waals surface area contributed by atoms with Crippen LogP contribution in [-0.4, -0.2) is 45.9 Å². The lowest BCUT2D eigenvalue weighted by molar-refractivity contribution is -0.109. The summed E-state index contributed by atoms with van der Waals surface area (Å²) in [5.41, 5.74) is -0.710. The van der Waals surface area contributed by atoms with Gasteiger partial charge in [-0.2, -0.15) is 0 Å². The van der Waals surface area contributed by atoms with Gasteiger partial charge < -0.3 is 14.0 Å². The third-order valence-electron chi connectivity index (χ3n) is 4.46. The Morgan fingerprint density at radius 1 is 1.28 bits per heavy atom. The first kappa shape index (κ1) is 23.9. The van der Waals surface area contributed by atoms with E-state index in [0.29, 0.717) is 10.9 Å². The van der Waals surface area contributed by atoms with Crippen LogP contribution >= 0.6 is 23.1 Å². The predicted octanol–water partition coefficient (Wildman–Crippen LogP) is 4.78. The van der Waals surface area contributed by atoms with E-state index in [1.54, 1.807) is 27.0 Å². The van der Waals surface area contributed by atoms with E-state index in [9.17, 15) is 9.59 Å². The van der Waals surface area contributed by atoms with Gasteiger partial charge in [0.25, 0.3) is 0 Å². The van der Waals surface area contributed by atoms with Gasteiger partial charge in [0.1, 0.15) is 5.60 Å². The van der Waals surface area contributed by atoms with Crippen LogP contribution in [0.2, 0.25) is 0 Å². The highest BCUT2D eigenvalue weighted by atomic mass is 32.2. The van der Waals surface area contributed by atoms with Gasteiger partial charge in [0, 0.05) is 23.8 Å². The lowest BCUT2D eigenvalue weighted by Crippen LogP contribution is -2.41. The van der Waals surface area contributed by atoms with Gasteiger partial charge in [-0.15, -0.1) is 0 Å². The second-order valence-corrected chi connectivity index (χ2v) is 11.0. The molecule has 0 unspecified atom stereocenters. The topological polar surface area (TPSA) is 86.8 Å². The summed E-state index contributed by atoms with van der Waals surface area (Å²) >= 11 is 2.50. The molecule has 7 nitrogen and oxygen atoms in total. The molecule has 0 radical (unpaired) electrons. The standard InChI is InChI=1S/C19H29BN2O5S2/c1-12(23)28-11-13(20-26-18(5,6)19(7,8)27-20)9-14-10-21-15(29-14)22-16(24)25-17(2,3)4/h9-10H,11H2,1-8H3,(H,21,22,24). The van der Waals surface area contributed by atoms with Crippen LogP contribution in [0.25, 0.3) is 6.08 Å². The van der Waals surface area contributed by atoms with Gasteiger partial charge in [-0.25, -0.2) is 9.78 Å². The van der Waals surface area contributed by atoms with E-state index in [2.05, 4.69) is 10.3 Å². The summed E-state index contributed by atoms with van der Waals surface area (Å²) in [5.74, 6) is 0.443. The Morgan fingerprint density at radius 2 is 1.86 bits per heavy atom. The summed E-state index contributed by atoms with van der Waals surface area (Å²) in [4.78, 5) is 28.5. The maximum Gasteiger partial charge on any atom is 0.491 e. The molecule has 1 N–H and O–H groups in total. The largest absolute Gasteiger partial charge is 0.491 e. The molecule has 1 aliphatic heterocycles. The van der Waals surface area contributed by atoms with E-state index < -0.39 is 30.0 Å². The molecule has 1 amide bonds. The number of nitrogens with one attached hydrogen (secondary N) is 1. The summed E-state index contributed by atoms with van der Waals surface area (Å²) in [5, 5.41) is 3.08. The zero-order valence-corrected chi connectivity index (χ0v) is 19.9. The van der Waals surface area contributed by atoms with Gasteiger partial charge in [-0.05, 0) is 60.0 Å². The third kappa shape index (κ3) is 6.84. The summed E-state index contributed by atoms with van der Waals surface area (Å²) in [7, 11) is -0.559. The monoisotopic (exact) mass is 440 g/mol. The van der Waals surface area contributed by atoms with Crippen molar-refractivity contribution in [2.75, 3.05) is 11.1 Å². The fourth-order valence-electron chi connectivity index (χ4n) is 2.34. The van der Waals surface area contributed by atoms with Crippen LogP contribution < -0.4 is 5.32 Å². The van der Waals surface area contributed by atoms with Crippen molar-refractivity contribution in [1.29, 1.82) is 0 Å². The lowest BCUT2D eigenvalue weighted by atomic mass is 9.79. The molecule has 1 aliphatic rings. The number of aromatic nitrogens is 1. The van der Waals surface area contributed by atoms with Crippen molar-refractivity contribution >= 4 is 52.6 Å². The molecule has 1 fully saturated rings. The second-order valence-electron chi connectivity index (χ2n) is 8.78. The van der Waals surface area contributed by atoms with Crippen molar-refractivity contribution in [3.05, 3.63) is 16.5 Å². The van der Waals surface area contributed by atoms with Crippen LogP contribution in [0.3, 0.4) is 0 Å². The van der Waals surface area contributed by atoms with Crippen molar-refractivity contribution < 1.29 is 23.6 Å². The summed E-state index contributed by atoms with van der Waals surface area (Å²) < 4.78 is 17.5. The zero-order chi connectivity index (χ0) is 22.0. The molecule has 0 atom stereocenters. The van der Waals surface area contributed by atoms with Crippen molar-refractivity contribution in [2.45, 2.75) is 72.2 Å². The Labute approximate surface area is 181 Å². The first-order chi connectivity index (χ1) is 13.2. The van der Waals surface area contributed by atoms with Gasteiger partial charge >= 0.3 is 13.2 Å². The van der Waals surface area contributed by atoms with Crippen molar-refractivity contribution in [1.82, 2.24) is 4.98 Å². The number of nitrogens with zero attached hydrogens (tertiary/aromatic N) is 1. The molecule has 0 saturated carbocycles. The summed E-state index contributed by atoms with van der Waals surface area (Å²) in [6.07, 6.45) is 3.00. The van der Waals surface area contributed by atoms with Gasteiger partial charge in [-0.1, -0.05) is 23.1 Å². The quantitative estimate of drug-likeness (QED) is 0.659. The Morgan fingerprint density at radius 3 is 2.38 bits per heavy atom. The number of amides is 1. The average Bonchev–Trinajstić information content (AvgIpc) is 3.03. The van der Waals surface area contributed by atoms with Gasteiger partial charge in [0.05, 0.1) is 11.2 Å². The highest BCUT2D eigenvalue weighted by Crippen LogP contribution is 2.39. The van der Waals surface area contributed by atoms with E-state index in [0.717, 1.165) is 10.3 Å². The minimum atomic E-state index is -0.585. The number of hydrogen-bond donors (Lipinski definition) is 1. The molecule has 1 saturated heterocycles. The Bertz CT molecular complexity index is 783. The van der Waals surface area contributed by atoms with Crippen LogP contribution in [0.5, 0.6) is 0 Å². The maximum atomic E-state index is 11.9. The fraction of sp³-hybridized carbons (Fsp3) is 0.632. The summed E-state index contributed by atoms with van der Waals surface area (Å²) in [6, 6.07) is 0. The maximum absolute atomic E-state index is 11.9. The zero-order valence-electron chi connectivity index (χ0n) is 18.2. The van der Waals surface area contributed by atoms with Crippen LogP contribution in [-0.2, 0) is 18.8 Å². The minimum absolute atomic E-state index is 0.0176. The molecule has 10 heteroatoms. The van der Waals surface area contributed by atoms with E-state index in [-0.39, 0.29) is 5.12 Å². The van der Waals surface area contributed by atoms with E-state index in [1.165, 1.54) is 30.0 Å². The van der Waals surface area contributed by atoms with Gasteiger partial charge in [0.15, 0.2) is 10.2 Å².